The molecule has 46 heavy (non-hydrogen) atoms. The predicted octanol–water partition coefficient (Wildman–Crippen LogP) is 12.0. The van der Waals surface area contributed by atoms with Crippen LogP contribution in [0.1, 0.15) is 5.56 Å². The number of fused-ring (bicyclic) bond motifs is 6. The highest BCUT2D eigenvalue weighted by molar-refractivity contribution is 6.11. The standard InChI is InChI=1S/C43H25NO2/c44-26-32-22-28(27-10-2-1-3-11-27)20-21-33(32)29-23-30(34-14-8-16-38-36-12-4-6-18-40(36)45-42(34)38)25-31(24-29)35-15-9-17-39-37-13-5-7-19-41(37)46-43(35)39/h1-25H. The molecular formula is C43H25NO2. The molecule has 0 atom stereocenters. The van der Waals surface area contributed by atoms with E-state index in [2.05, 4.69) is 97.1 Å². The van der Waals surface area contributed by atoms with Crippen molar-refractivity contribution in [3.05, 3.63) is 157 Å². The average molecular weight is 588 g/mol. The molecule has 0 aliphatic heterocycles. The van der Waals surface area contributed by atoms with E-state index in [0.29, 0.717) is 5.56 Å². The van der Waals surface area contributed by atoms with Crippen LogP contribution in [-0.4, -0.2) is 0 Å². The summed E-state index contributed by atoms with van der Waals surface area (Å²) in [6.07, 6.45) is 0. The van der Waals surface area contributed by atoms with Crippen LogP contribution in [0.15, 0.2) is 160 Å². The summed E-state index contributed by atoms with van der Waals surface area (Å²) in [5.74, 6) is 0. The molecule has 0 aliphatic rings. The zero-order valence-electron chi connectivity index (χ0n) is 24.7. The van der Waals surface area contributed by atoms with Gasteiger partial charge in [0, 0.05) is 32.7 Å². The van der Waals surface area contributed by atoms with Gasteiger partial charge in [-0.05, 0) is 69.8 Å². The highest BCUT2D eigenvalue weighted by Gasteiger charge is 2.18. The Bertz CT molecular complexity index is 2520. The first-order valence-electron chi connectivity index (χ1n) is 15.3. The van der Waals surface area contributed by atoms with E-state index in [4.69, 9.17) is 8.83 Å². The van der Waals surface area contributed by atoms with Crippen LogP contribution in [0.5, 0.6) is 0 Å². The van der Waals surface area contributed by atoms with Crippen LogP contribution < -0.4 is 0 Å². The Morgan fingerprint density at radius 1 is 0.370 bits per heavy atom. The Balaban J connectivity index is 1.31. The molecule has 0 aliphatic carbocycles. The number of rotatable bonds is 4. The quantitative estimate of drug-likeness (QED) is 0.206. The third-order valence-corrected chi connectivity index (χ3v) is 8.92. The molecule has 2 aromatic heterocycles. The maximum atomic E-state index is 10.4. The van der Waals surface area contributed by atoms with E-state index in [1.165, 1.54) is 0 Å². The molecule has 0 bridgehead atoms. The van der Waals surface area contributed by atoms with Gasteiger partial charge in [-0.1, -0.05) is 115 Å². The van der Waals surface area contributed by atoms with Crippen LogP contribution in [0.4, 0.5) is 0 Å². The lowest BCUT2D eigenvalue weighted by Crippen LogP contribution is -1.90. The van der Waals surface area contributed by atoms with E-state index >= 15 is 0 Å². The smallest absolute Gasteiger partial charge is 0.143 e. The second kappa shape index (κ2) is 10.4. The van der Waals surface area contributed by atoms with Gasteiger partial charge in [0.05, 0.1) is 11.6 Å². The maximum Gasteiger partial charge on any atom is 0.143 e. The summed E-state index contributed by atoms with van der Waals surface area (Å²) in [4.78, 5) is 0. The largest absolute Gasteiger partial charge is 0.455 e. The average Bonchev–Trinajstić information content (AvgIpc) is 3.70. The number of nitriles is 1. The van der Waals surface area contributed by atoms with Gasteiger partial charge in [0.15, 0.2) is 0 Å². The molecule has 2 heterocycles. The number of para-hydroxylation sites is 4. The molecule has 0 spiro atoms. The lowest BCUT2D eigenvalue weighted by atomic mass is 9.89. The van der Waals surface area contributed by atoms with Crippen LogP contribution in [-0.2, 0) is 0 Å². The van der Waals surface area contributed by atoms with Crippen LogP contribution in [0, 0.1) is 11.3 Å². The molecule has 3 nitrogen and oxygen atoms in total. The van der Waals surface area contributed by atoms with Crippen LogP contribution in [0.2, 0.25) is 0 Å². The first-order chi connectivity index (χ1) is 22.7. The molecule has 3 heteroatoms. The summed E-state index contributed by atoms with van der Waals surface area (Å²) < 4.78 is 13.0. The number of hydrogen-bond acceptors (Lipinski definition) is 3. The molecule has 214 valence electrons. The summed E-state index contributed by atoms with van der Waals surface area (Å²) in [6.45, 7) is 0. The van der Waals surface area contributed by atoms with Crippen molar-refractivity contribution in [3.63, 3.8) is 0 Å². The zero-order valence-corrected chi connectivity index (χ0v) is 24.7. The predicted molar refractivity (Wildman–Crippen MR) is 187 cm³/mol. The fraction of sp³-hybridized carbons (Fsp3) is 0. The Morgan fingerprint density at radius 3 is 1.43 bits per heavy atom. The van der Waals surface area contributed by atoms with Crippen molar-refractivity contribution in [3.8, 4) is 50.6 Å². The van der Waals surface area contributed by atoms with Crippen molar-refractivity contribution < 1.29 is 8.83 Å². The Hall–Kier alpha value is -6.37. The Labute approximate surface area is 265 Å². The molecule has 9 rings (SSSR count). The second-order valence-corrected chi connectivity index (χ2v) is 11.6. The topological polar surface area (TPSA) is 50.1 Å². The van der Waals surface area contributed by atoms with E-state index in [1.54, 1.807) is 0 Å². The number of hydrogen-bond donors (Lipinski definition) is 0. The van der Waals surface area contributed by atoms with Gasteiger partial charge >= 0.3 is 0 Å². The minimum Gasteiger partial charge on any atom is -0.455 e. The summed E-state index contributed by atoms with van der Waals surface area (Å²) >= 11 is 0. The maximum absolute atomic E-state index is 10.4. The monoisotopic (exact) mass is 587 g/mol. The minimum absolute atomic E-state index is 0.619. The third kappa shape index (κ3) is 4.13. The fourth-order valence-electron chi connectivity index (χ4n) is 6.74. The van der Waals surface area contributed by atoms with Gasteiger partial charge < -0.3 is 8.83 Å². The van der Waals surface area contributed by atoms with Gasteiger partial charge in [-0.25, -0.2) is 0 Å². The van der Waals surface area contributed by atoms with Gasteiger partial charge in [0.1, 0.15) is 22.3 Å². The van der Waals surface area contributed by atoms with Gasteiger partial charge in [0.2, 0.25) is 0 Å². The molecule has 0 fully saturated rings. The first-order valence-corrected chi connectivity index (χ1v) is 15.3. The second-order valence-electron chi connectivity index (χ2n) is 11.6. The highest BCUT2D eigenvalue weighted by Crippen LogP contribution is 2.42. The van der Waals surface area contributed by atoms with Gasteiger partial charge in [-0.15, -0.1) is 0 Å². The molecule has 7 aromatic carbocycles. The highest BCUT2D eigenvalue weighted by atomic mass is 16.3. The SMILES string of the molecule is N#Cc1cc(-c2ccccc2)ccc1-c1cc(-c2cccc3c2oc2ccccc23)cc(-c2cccc3c2oc2ccccc23)c1. The van der Waals surface area contributed by atoms with Gasteiger partial charge in [0.25, 0.3) is 0 Å². The van der Waals surface area contributed by atoms with Crippen molar-refractivity contribution in [1.82, 2.24) is 0 Å². The number of nitrogens with zero attached hydrogens (tertiary/aromatic N) is 1. The summed E-state index contributed by atoms with van der Waals surface area (Å²) in [5.41, 5.74) is 11.9. The first kappa shape index (κ1) is 26.1. The van der Waals surface area contributed by atoms with Crippen molar-refractivity contribution in [2.24, 2.45) is 0 Å². The van der Waals surface area contributed by atoms with Crippen molar-refractivity contribution >= 4 is 43.9 Å². The summed E-state index contributed by atoms with van der Waals surface area (Å²) in [5, 5.41) is 14.7. The summed E-state index contributed by atoms with van der Waals surface area (Å²) in [7, 11) is 0. The van der Waals surface area contributed by atoms with E-state index in [1.807, 2.05) is 60.7 Å². The van der Waals surface area contributed by atoms with Crippen molar-refractivity contribution in [2.75, 3.05) is 0 Å². The Kier molecular flexibility index (Phi) is 5.88. The summed E-state index contributed by atoms with van der Waals surface area (Å²) in [6, 6.07) is 54.2. The molecule has 0 saturated carbocycles. The van der Waals surface area contributed by atoms with E-state index in [-0.39, 0.29) is 0 Å². The number of furan rings is 2. The van der Waals surface area contributed by atoms with Crippen LogP contribution in [0.25, 0.3) is 88.4 Å². The lowest BCUT2D eigenvalue weighted by Gasteiger charge is -2.14. The van der Waals surface area contributed by atoms with Crippen LogP contribution >= 0.6 is 0 Å². The van der Waals surface area contributed by atoms with Gasteiger partial charge in [-0.2, -0.15) is 5.26 Å². The molecule has 0 unspecified atom stereocenters. The third-order valence-electron chi connectivity index (χ3n) is 8.92. The molecule has 9 aromatic rings. The van der Waals surface area contributed by atoms with Crippen molar-refractivity contribution in [2.45, 2.75) is 0 Å². The molecule has 0 N–H and O–H groups in total. The normalized spacial score (nSPS) is 11.5. The van der Waals surface area contributed by atoms with Crippen LogP contribution in [0.3, 0.4) is 0 Å². The minimum atomic E-state index is 0.619. The Morgan fingerprint density at radius 2 is 0.870 bits per heavy atom. The zero-order chi connectivity index (χ0) is 30.6. The molecule has 0 saturated heterocycles. The lowest BCUT2D eigenvalue weighted by molar-refractivity contribution is 0.670. The van der Waals surface area contributed by atoms with E-state index < -0.39 is 0 Å². The molecular weight excluding hydrogens is 562 g/mol. The van der Waals surface area contributed by atoms with Crippen molar-refractivity contribution in [1.29, 1.82) is 5.26 Å². The molecule has 0 amide bonds. The van der Waals surface area contributed by atoms with E-state index in [9.17, 15) is 5.26 Å². The van der Waals surface area contributed by atoms with Gasteiger partial charge in [-0.3, -0.25) is 0 Å². The number of benzene rings is 7. The fourth-order valence-corrected chi connectivity index (χ4v) is 6.74. The van der Waals surface area contributed by atoms with E-state index in [0.717, 1.165) is 88.4 Å². The molecule has 0 radical (unpaired) electrons.